The highest BCUT2D eigenvalue weighted by Crippen LogP contribution is 2.23. The first-order valence-corrected chi connectivity index (χ1v) is 7.72. The monoisotopic (exact) mass is 343 g/mol. The number of benzene rings is 1. The lowest BCUT2D eigenvalue weighted by atomic mass is 10.0. The summed E-state index contributed by atoms with van der Waals surface area (Å²) in [5, 5.41) is 7.36. The fourth-order valence-electron chi connectivity index (χ4n) is 1.82. The predicted octanol–water partition coefficient (Wildman–Crippen LogP) is 3.72. The number of hydrogen-bond acceptors (Lipinski definition) is 4. The molecule has 0 saturated carbocycles. The highest BCUT2D eigenvalue weighted by molar-refractivity contribution is 9.10. The van der Waals surface area contributed by atoms with Crippen LogP contribution in [0.5, 0.6) is 0 Å². The van der Waals surface area contributed by atoms with Gasteiger partial charge in [0, 0.05) is 6.04 Å². The summed E-state index contributed by atoms with van der Waals surface area (Å²) in [5.74, 6) is -0.235. The molecular weight excluding hydrogens is 329 g/mol. The minimum absolute atomic E-state index is 0.178. The molecule has 1 unspecified atom stereocenters. The van der Waals surface area contributed by atoms with Gasteiger partial charge in [0.05, 0.1) is 15.5 Å². The van der Waals surface area contributed by atoms with Crippen LogP contribution in [0.4, 0.5) is 4.39 Å². The minimum Gasteiger partial charge on any atom is -0.309 e. The first-order chi connectivity index (χ1) is 9.20. The Labute approximate surface area is 124 Å². The van der Waals surface area contributed by atoms with Gasteiger partial charge in [-0.05, 0) is 64.5 Å². The largest absolute Gasteiger partial charge is 0.309 e. The van der Waals surface area contributed by atoms with E-state index >= 15 is 0 Å². The number of rotatable bonds is 6. The SMILES string of the molecule is CCCNC(Cc1ccc(F)c(Br)c1)c1cnns1. The van der Waals surface area contributed by atoms with Gasteiger partial charge < -0.3 is 5.32 Å². The van der Waals surface area contributed by atoms with Gasteiger partial charge in [0.2, 0.25) is 0 Å². The molecule has 0 spiro atoms. The van der Waals surface area contributed by atoms with E-state index in [1.807, 2.05) is 12.1 Å². The molecule has 1 aromatic carbocycles. The highest BCUT2D eigenvalue weighted by Gasteiger charge is 2.14. The Bertz CT molecular complexity index is 519. The molecular formula is C13H15BrFN3S. The maximum Gasteiger partial charge on any atom is 0.137 e. The molecule has 0 radical (unpaired) electrons. The molecule has 0 bridgehead atoms. The van der Waals surface area contributed by atoms with Crippen LogP contribution in [0.1, 0.15) is 29.8 Å². The smallest absolute Gasteiger partial charge is 0.137 e. The molecule has 0 aliphatic heterocycles. The molecule has 0 aliphatic rings. The Balaban J connectivity index is 2.13. The Hall–Kier alpha value is -0.850. The van der Waals surface area contributed by atoms with Gasteiger partial charge in [-0.25, -0.2) is 4.39 Å². The quantitative estimate of drug-likeness (QED) is 0.868. The summed E-state index contributed by atoms with van der Waals surface area (Å²) in [6.07, 6.45) is 3.65. The van der Waals surface area contributed by atoms with E-state index in [1.165, 1.54) is 17.6 Å². The molecule has 3 nitrogen and oxygen atoms in total. The van der Waals surface area contributed by atoms with Crippen molar-refractivity contribution in [2.24, 2.45) is 0 Å². The third kappa shape index (κ3) is 4.06. The van der Waals surface area contributed by atoms with E-state index in [9.17, 15) is 4.39 Å². The summed E-state index contributed by atoms with van der Waals surface area (Å²) in [7, 11) is 0. The molecule has 2 aromatic rings. The van der Waals surface area contributed by atoms with Crippen molar-refractivity contribution in [3.8, 4) is 0 Å². The average molecular weight is 344 g/mol. The van der Waals surface area contributed by atoms with E-state index in [1.54, 1.807) is 6.20 Å². The molecule has 1 N–H and O–H groups in total. The van der Waals surface area contributed by atoms with E-state index in [0.29, 0.717) is 4.47 Å². The average Bonchev–Trinajstić information content (AvgIpc) is 2.92. The summed E-state index contributed by atoms with van der Waals surface area (Å²) < 4.78 is 17.6. The van der Waals surface area contributed by atoms with Crippen LogP contribution < -0.4 is 5.32 Å². The molecule has 1 heterocycles. The lowest BCUT2D eigenvalue weighted by Gasteiger charge is -2.16. The number of hydrogen-bond donors (Lipinski definition) is 1. The molecule has 1 atom stereocenters. The molecule has 0 saturated heterocycles. The van der Waals surface area contributed by atoms with Gasteiger partial charge in [0.1, 0.15) is 5.82 Å². The Morgan fingerprint density at radius 2 is 2.32 bits per heavy atom. The summed E-state index contributed by atoms with van der Waals surface area (Å²) in [6, 6.07) is 5.30. The van der Waals surface area contributed by atoms with Crippen molar-refractivity contribution in [3.05, 3.63) is 45.1 Å². The maximum absolute atomic E-state index is 13.2. The fourth-order valence-corrected chi connectivity index (χ4v) is 2.83. The number of nitrogens with one attached hydrogen (secondary N) is 1. The maximum atomic E-state index is 13.2. The van der Waals surface area contributed by atoms with E-state index in [2.05, 4.69) is 37.8 Å². The second kappa shape index (κ2) is 7.07. The van der Waals surface area contributed by atoms with Gasteiger partial charge >= 0.3 is 0 Å². The van der Waals surface area contributed by atoms with Crippen molar-refractivity contribution in [2.45, 2.75) is 25.8 Å². The van der Waals surface area contributed by atoms with Crippen molar-refractivity contribution in [2.75, 3.05) is 6.54 Å². The zero-order valence-corrected chi connectivity index (χ0v) is 13.0. The van der Waals surface area contributed by atoms with Crippen LogP contribution in [-0.2, 0) is 6.42 Å². The van der Waals surface area contributed by atoms with Crippen LogP contribution in [-0.4, -0.2) is 16.1 Å². The third-order valence-electron chi connectivity index (χ3n) is 2.79. The lowest BCUT2D eigenvalue weighted by molar-refractivity contribution is 0.535. The molecule has 19 heavy (non-hydrogen) atoms. The predicted molar refractivity (Wildman–Crippen MR) is 78.7 cm³/mol. The first-order valence-electron chi connectivity index (χ1n) is 6.15. The van der Waals surface area contributed by atoms with E-state index < -0.39 is 0 Å². The summed E-state index contributed by atoms with van der Waals surface area (Å²) >= 11 is 4.62. The highest BCUT2D eigenvalue weighted by atomic mass is 79.9. The number of nitrogens with zero attached hydrogens (tertiary/aromatic N) is 2. The molecule has 2 rings (SSSR count). The first kappa shape index (κ1) is 14.6. The third-order valence-corrected chi connectivity index (χ3v) is 4.17. The van der Waals surface area contributed by atoms with E-state index in [0.717, 1.165) is 29.8 Å². The van der Waals surface area contributed by atoms with Crippen LogP contribution in [0.2, 0.25) is 0 Å². The van der Waals surface area contributed by atoms with Gasteiger partial charge in [-0.1, -0.05) is 17.5 Å². The van der Waals surface area contributed by atoms with Crippen molar-refractivity contribution >= 4 is 27.5 Å². The Morgan fingerprint density at radius 3 is 2.95 bits per heavy atom. The molecule has 0 fully saturated rings. The topological polar surface area (TPSA) is 37.8 Å². The van der Waals surface area contributed by atoms with Gasteiger partial charge in [-0.2, -0.15) is 0 Å². The van der Waals surface area contributed by atoms with Gasteiger partial charge in [-0.3, -0.25) is 0 Å². The fraction of sp³-hybridized carbons (Fsp3) is 0.385. The normalized spacial score (nSPS) is 12.6. The minimum atomic E-state index is -0.235. The van der Waals surface area contributed by atoms with Gasteiger partial charge in [0.25, 0.3) is 0 Å². The summed E-state index contributed by atoms with van der Waals surface area (Å²) in [6.45, 7) is 3.06. The molecule has 1 aromatic heterocycles. The van der Waals surface area contributed by atoms with Gasteiger partial charge in [-0.15, -0.1) is 5.10 Å². The van der Waals surface area contributed by atoms with Crippen LogP contribution in [0.15, 0.2) is 28.9 Å². The van der Waals surface area contributed by atoms with Crippen molar-refractivity contribution in [1.29, 1.82) is 0 Å². The van der Waals surface area contributed by atoms with Crippen LogP contribution in [0.25, 0.3) is 0 Å². The number of aromatic nitrogens is 2. The Kier molecular flexibility index (Phi) is 5.42. The molecule has 0 aliphatic carbocycles. The van der Waals surface area contributed by atoms with Gasteiger partial charge in [0.15, 0.2) is 0 Å². The summed E-state index contributed by atoms with van der Waals surface area (Å²) in [4.78, 5) is 1.11. The van der Waals surface area contributed by atoms with Crippen LogP contribution >= 0.6 is 27.5 Å². The molecule has 102 valence electrons. The second-order valence-corrected chi connectivity index (χ2v) is 5.95. The number of halogens is 2. The van der Waals surface area contributed by atoms with Crippen LogP contribution in [0.3, 0.4) is 0 Å². The lowest BCUT2D eigenvalue weighted by Crippen LogP contribution is -2.23. The zero-order valence-electron chi connectivity index (χ0n) is 10.6. The molecule has 6 heteroatoms. The zero-order chi connectivity index (χ0) is 13.7. The molecule has 0 amide bonds. The van der Waals surface area contributed by atoms with Crippen LogP contribution in [0, 0.1) is 5.82 Å². The second-order valence-electron chi connectivity index (χ2n) is 4.28. The van der Waals surface area contributed by atoms with Crippen molar-refractivity contribution in [3.63, 3.8) is 0 Å². The standard InChI is InChI=1S/C13H15BrFN3S/c1-2-5-16-12(13-8-17-18-19-13)7-9-3-4-11(15)10(14)6-9/h3-4,6,8,12,16H,2,5,7H2,1H3. The van der Waals surface area contributed by atoms with E-state index in [-0.39, 0.29) is 11.9 Å². The Morgan fingerprint density at radius 1 is 1.47 bits per heavy atom. The van der Waals surface area contributed by atoms with E-state index in [4.69, 9.17) is 0 Å². The van der Waals surface area contributed by atoms with Crippen molar-refractivity contribution < 1.29 is 4.39 Å². The summed E-state index contributed by atoms with van der Waals surface area (Å²) in [5.41, 5.74) is 1.08. The van der Waals surface area contributed by atoms with Crippen molar-refractivity contribution in [1.82, 2.24) is 14.9 Å².